The first-order chi connectivity index (χ1) is 10.1. The van der Waals surface area contributed by atoms with E-state index in [0.29, 0.717) is 5.92 Å². The van der Waals surface area contributed by atoms with Crippen molar-refractivity contribution in [2.24, 2.45) is 11.8 Å². The topological polar surface area (TPSA) is 87.5 Å². The summed E-state index contributed by atoms with van der Waals surface area (Å²) < 4.78 is 0. The van der Waals surface area contributed by atoms with E-state index in [1.165, 1.54) is 32.1 Å². The number of rotatable bonds is 6. The van der Waals surface area contributed by atoms with E-state index in [2.05, 4.69) is 4.98 Å². The van der Waals surface area contributed by atoms with Crippen LogP contribution in [0.25, 0.3) is 0 Å². The zero-order valence-corrected chi connectivity index (χ0v) is 12.0. The first-order valence-electron chi connectivity index (χ1n) is 7.45. The molecule has 0 atom stereocenters. The van der Waals surface area contributed by atoms with E-state index in [1.54, 1.807) is 12.3 Å². The predicted molar refractivity (Wildman–Crippen MR) is 77.0 cm³/mol. The molecule has 1 saturated carbocycles. The molecule has 0 saturated heterocycles. The number of nitrogens with zero attached hydrogens (tertiary/aromatic N) is 1. The zero-order valence-electron chi connectivity index (χ0n) is 12.0. The van der Waals surface area contributed by atoms with E-state index in [4.69, 9.17) is 10.2 Å². The lowest BCUT2D eigenvalue weighted by molar-refractivity contribution is -0.154. The van der Waals surface area contributed by atoms with Gasteiger partial charge in [-0.25, -0.2) is 0 Å². The zero-order chi connectivity index (χ0) is 15.2. The number of pyridine rings is 1. The monoisotopic (exact) mass is 291 g/mol. The van der Waals surface area contributed by atoms with Gasteiger partial charge in [0.2, 0.25) is 0 Å². The highest BCUT2D eigenvalue weighted by Crippen LogP contribution is 2.26. The fourth-order valence-corrected chi connectivity index (χ4v) is 2.97. The van der Waals surface area contributed by atoms with E-state index in [9.17, 15) is 9.59 Å². The van der Waals surface area contributed by atoms with Gasteiger partial charge >= 0.3 is 11.9 Å². The molecule has 5 nitrogen and oxygen atoms in total. The fourth-order valence-electron chi connectivity index (χ4n) is 2.97. The number of carbonyl (C=O) groups is 2. The average Bonchev–Trinajstić information content (AvgIpc) is 2.45. The summed E-state index contributed by atoms with van der Waals surface area (Å²) in [7, 11) is 0. The highest BCUT2D eigenvalue weighted by Gasteiger charge is 2.26. The Kier molecular flexibility index (Phi) is 5.31. The summed E-state index contributed by atoms with van der Waals surface area (Å²) in [4.78, 5) is 26.2. The molecular formula is C16H21NO4. The second-order valence-corrected chi connectivity index (χ2v) is 5.80. The number of hydrogen-bond acceptors (Lipinski definition) is 3. The molecular weight excluding hydrogens is 270 g/mol. The maximum absolute atomic E-state index is 11.0. The Labute approximate surface area is 124 Å². The number of aromatic nitrogens is 1. The number of carboxylic acid groups (broad SMARTS) is 2. The Morgan fingerprint density at radius 1 is 1.19 bits per heavy atom. The summed E-state index contributed by atoms with van der Waals surface area (Å²) >= 11 is 0. The molecule has 0 spiro atoms. The SMILES string of the molecule is O=C(O)C(Cc1ccnc(CC2CCCCC2)c1)C(=O)O. The molecule has 0 amide bonds. The van der Waals surface area contributed by atoms with E-state index < -0.39 is 17.9 Å². The van der Waals surface area contributed by atoms with Crippen molar-refractivity contribution in [1.82, 2.24) is 4.98 Å². The molecule has 1 fully saturated rings. The van der Waals surface area contributed by atoms with Crippen LogP contribution in [0.4, 0.5) is 0 Å². The Balaban J connectivity index is 2.02. The summed E-state index contributed by atoms with van der Waals surface area (Å²) in [5, 5.41) is 17.9. The number of hydrogen-bond donors (Lipinski definition) is 2. The molecule has 21 heavy (non-hydrogen) atoms. The normalized spacial score (nSPS) is 16.0. The van der Waals surface area contributed by atoms with Crippen LogP contribution in [-0.2, 0) is 22.4 Å². The summed E-state index contributed by atoms with van der Waals surface area (Å²) in [6, 6.07) is 3.55. The first kappa shape index (κ1) is 15.5. The van der Waals surface area contributed by atoms with Crippen molar-refractivity contribution in [2.75, 3.05) is 0 Å². The molecule has 0 aliphatic heterocycles. The third-order valence-corrected chi connectivity index (χ3v) is 4.14. The molecule has 1 aliphatic carbocycles. The minimum absolute atomic E-state index is 0.00481. The molecule has 2 N–H and O–H groups in total. The van der Waals surface area contributed by atoms with Crippen molar-refractivity contribution < 1.29 is 19.8 Å². The van der Waals surface area contributed by atoms with E-state index in [-0.39, 0.29) is 6.42 Å². The summed E-state index contributed by atoms with van der Waals surface area (Å²) in [5.74, 6) is -3.34. The van der Waals surface area contributed by atoms with Gasteiger partial charge in [0.15, 0.2) is 5.92 Å². The fraction of sp³-hybridized carbons (Fsp3) is 0.562. The van der Waals surface area contributed by atoms with Gasteiger partial charge in [0.1, 0.15) is 0 Å². The summed E-state index contributed by atoms with van der Waals surface area (Å²) in [6.07, 6.45) is 8.84. The largest absolute Gasteiger partial charge is 0.481 e. The lowest BCUT2D eigenvalue weighted by atomic mass is 9.85. The third-order valence-electron chi connectivity index (χ3n) is 4.14. The Morgan fingerprint density at radius 2 is 1.86 bits per heavy atom. The van der Waals surface area contributed by atoms with Gasteiger partial charge in [-0.1, -0.05) is 32.1 Å². The standard InChI is InChI=1S/C16H21NO4/c18-15(19)14(16(20)21)10-12-6-7-17-13(9-12)8-11-4-2-1-3-5-11/h6-7,9,11,14H,1-5,8,10H2,(H,18,19)(H,20,21). The second-order valence-electron chi connectivity index (χ2n) is 5.80. The van der Waals surface area contributed by atoms with Crippen LogP contribution < -0.4 is 0 Å². The van der Waals surface area contributed by atoms with Crippen LogP contribution in [0.1, 0.15) is 43.4 Å². The molecule has 0 unspecified atom stereocenters. The van der Waals surface area contributed by atoms with Crippen LogP contribution in [0.2, 0.25) is 0 Å². The molecule has 0 bridgehead atoms. The van der Waals surface area contributed by atoms with Crippen molar-refractivity contribution in [3.8, 4) is 0 Å². The molecule has 0 aromatic carbocycles. The number of aliphatic carboxylic acids is 2. The molecule has 0 radical (unpaired) electrons. The van der Waals surface area contributed by atoms with E-state index >= 15 is 0 Å². The minimum atomic E-state index is -1.39. The highest BCUT2D eigenvalue weighted by molar-refractivity contribution is 5.93. The molecule has 1 heterocycles. The van der Waals surface area contributed by atoms with Crippen LogP contribution in [0.15, 0.2) is 18.3 Å². The van der Waals surface area contributed by atoms with Gasteiger partial charge in [-0.15, -0.1) is 0 Å². The van der Waals surface area contributed by atoms with E-state index in [0.717, 1.165) is 17.7 Å². The highest BCUT2D eigenvalue weighted by atomic mass is 16.4. The summed E-state index contributed by atoms with van der Waals surface area (Å²) in [6.45, 7) is 0. The van der Waals surface area contributed by atoms with Crippen LogP contribution in [0.5, 0.6) is 0 Å². The summed E-state index contributed by atoms with van der Waals surface area (Å²) in [5.41, 5.74) is 1.67. The van der Waals surface area contributed by atoms with Crippen molar-refractivity contribution in [3.63, 3.8) is 0 Å². The maximum Gasteiger partial charge on any atom is 0.318 e. The van der Waals surface area contributed by atoms with Crippen LogP contribution in [-0.4, -0.2) is 27.1 Å². The quantitative estimate of drug-likeness (QED) is 0.786. The van der Waals surface area contributed by atoms with Gasteiger partial charge < -0.3 is 10.2 Å². The van der Waals surface area contributed by atoms with Crippen LogP contribution in [0.3, 0.4) is 0 Å². The smallest absolute Gasteiger partial charge is 0.318 e. The Hall–Kier alpha value is -1.91. The van der Waals surface area contributed by atoms with Gasteiger partial charge in [0.25, 0.3) is 0 Å². The lowest BCUT2D eigenvalue weighted by Gasteiger charge is -2.21. The van der Waals surface area contributed by atoms with E-state index in [1.807, 2.05) is 6.07 Å². The van der Waals surface area contributed by atoms with Gasteiger partial charge in [0.05, 0.1) is 0 Å². The van der Waals surface area contributed by atoms with Gasteiger partial charge in [-0.2, -0.15) is 0 Å². The van der Waals surface area contributed by atoms with Crippen molar-refractivity contribution in [2.45, 2.75) is 44.9 Å². The lowest BCUT2D eigenvalue weighted by Crippen LogP contribution is -2.25. The predicted octanol–water partition coefficient (Wildman–Crippen LogP) is 2.53. The maximum atomic E-state index is 11.0. The Bertz CT molecular complexity index is 495. The van der Waals surface area contributed by atoms with Crippen molar-refractivity contribution in [1.29, 1.82) is 0 Å². The Morgan fingerprint density at radius 3 is 2.48 bits per heavy atom. The molecule has 1 aromatic rings. The van der Waals surface area contributed by atoms with Crippen molar-refractivity contribution in [3.05, 3.63) is 29.6 Å². The third kappa shape index (κ3) is 4.55. The molecule has 1 aliphatic rings. The van der Waals surface area contributed by atoms with Gasteiger partial charge in [-0.3, -0.25) is 14.6 Å². The van der Waals surface area contributed by atoms with Gasteiger partial charge in [0, 0.05) is 11.9 Å². The second kappa shape index (κ2) is 7.20. The molecule has 2 rings (SSSR count). The minimum Gasteiger partial charge on any atom is -0.481 e. The first-order valence-corrected chi connectivity index (χ1v) is 7.45. The van der Waals surface area contributed by atoms with Crippen LogP contribution in [0, 0.1) is 11.8 Å². The van der Waals surface area contributed by atoms with Crippen molar-refractivity contribution >= 4 is 11.9 Å². The van der Waals surface area contributed by atoms with Crippen LogP contribution >= 0.6 is 0 Å². The molecule has 1 aromatic heterocycles. The molecule has 114 valence electrons. The number of carboxylic acids is 2. The molecule has 5 heteroatoms. The average molecular weight is 291 g/mol. The van der Waals surface area contributed by atoms with Gasteiger partial charge in [-0.05, 0) is 36.5 Å².